The molecule has 0 amide bonds. The molecule has 2 bridgehead atoms. The van der Waals surface area contributed by atoms with Gasteiger partial charge >= 0.3 is 0 Å². The molecule has 2 fully saturated rings. The number of rotatable bonds is 4. The summed E-state index contributed by atoms with van der Waals surface area (Å²) < 4.78 is 5.84. The predicted octanol–water partition coefficient (Wildman–Crippen LogP) is 1.74. The number of ether oxygens (including phenoxy) is 1. The Labute approximate surface area is 124 Å². The first-order valence-corrected chi connectivity index (χ1v) is 7.64. The highest BCUT2D eigenvalue weighted by atomic mass is 35.5. The first-order valence-electron chi connectivity index (χ1n) is 7.26. The summed E-state index contributed by atoms with van der Waals surface area (Å²) in [6.45, 7) is 7.55. The Balaban J connectivity index is 1.85. The third-order valence-electron chi connectivity index (χ3n) is 3.96. The molecular formula is C13H20ClN5O. The van der Waals surface area contributed by atoms with Crippen molar-refractivity contribution in [2.45, 2.75) is 38.9 Å². The molecule has 0 N–H and O–H groups in total. The van der Waals surface area contributed by atoms with Gasteiger partial charge in [0.1, 0.15) is 0 Å². The van der Waals surface area contributed by atoms with Gasteiger partial charge in [-0.3, -0.25) is 0 Å². The van der Waals surface area contributed by atoms with E-state index in [1.807, 2.05) is 0 Å². The molecule has 1 aromatic heterocycles. The molecule has 110 valence electrons. The van der Waals surface area contributed by atoms with Crippen molar-refractivity contribution in [2.75, 3.05) is 36.0 Å². The Hall–Kier alpha value is -1.14. The number of anilines is 2. The number of hydrogen-bond acceptors (Lipinski definition) is 6. The van der Waals surface area contributed by atoms with Crippen LogP contribution in [0.1, 0.15) is 26.7 Å². The van der Waals surface area contributed by atoms with Crippen LogP contribution in [0.15, 0.2) is 0 Å². The highest BCUT2D eigenvalue weighted by Gasteiger charge is 2.35. The molecular weight excluding hydrogens is 278 g/mol. The van der Waals surface area contributed by atoms with E-state index in [1.165, 1.54) is 0 Å². The molecule has 0 radical (unpaired) electrons. The lowest BCUT2D eigenvalue weighted by molar-refractivity contribution is 0.0299. The summed E-state index contributed by atoms with van der Waals surface area (Å²) in [5.74, 6) is 1.33. The number of aromatic nitrogens is 3. The fraction of sp³-hybridized carbons (Fsp3) is 0.769. The molecule has 7 heteroatoms. The predicted molar refractivity (Wildman–Crippen MR) is 78.5 cm³/mol. The fourth-order valence-electron chi connectivity index (χ4n) is 2.90. The lowest BCUT2D eigenvalue weighted by Gasteiger charge is -2.32. The zero-order valence-corrected chi connectivity index (χ0v) is 12.7. The molecule has 0 aliphatic carbocycles. The van der Waals surface area contributed by atoms with Crippen LogP contribution < -0.4 is 9.80 Å². The Morgan fingerprint density at radius 2 is 1.80 bits per heavy atom. The first kappa shape index (κ1) is 13.8. The summed E-state index contributed by atoms with van der Waals surface area (Å²) in [4.78, 5) is 17.4. The molecule has 1 aromatic rings. The van der Waals surface area contributed by atoms with Crippen molar-refractivity contribution < 1.29 is 4.74 Å². The SMILES string of the molecule is CCN(CC)c1nc(Cl)nc(N2CC3CCC(C2)O3)n1. The van der Waals surface area contributed by atoms with Crippen LogP contribution in [0.25, 0.3) is 0 Å². The Morgan fingerprint density at radius 1 is 1.15 bits per heavy atom. The summed E-state index contributed by atoms with van der Waals surface area (Å²) in [6.07, 6.45) is 2.87. The Morgan fingerprint density at radius 3 is 2.40 bits per heavy atom. The van der Waals surface area contributed by atoms with Crippen LogP contribution in [-0.4, -0.2) is 53.3 Å². The minimum absolute atomic E-state index is 0.260. The molecule has 2 aliphatic heterocycles. The molecule has 2 unspecified atom stereocenters. The highest BCUT2D eigenvalue weighted by Crippen LogP contribution is 2.29. The first-order chi connectivity index (χ1) is 9.69. The van der Waals surface area contributed by atoms with Crippen molar-refractivity contribution in [1.29, 1.82) is 0 Å². The average Bonchev–Trinajstić information content (AvgIpc) is 2.78. The second-order valence-electron chi connectivity index (χ2n) is 5.24. The van der Waals surface area contributed by atoms with Crippen molar-refractivity contribution >= 4 is 23.5 Å². The van der Waals surface area contributed by atoms with Crippen LogP contribution in [-0.2, 0) is 4.74 Å². The van der Waals surface area contributed by atoms with Crippen LogP contribution >= 0.6 is 11.6 Å². The molecule has 0 saturated carbocycles. The van der Waals surface area contributed by atoms with Crippen LogP contribution in [0.5, 0.6) is 0 Å². The quantitative estimate of drug-likeness (QED) is 0.844. The van der Waals surface area contributed by atoms with Gasteiger partial charge in [0.15, 0.2) is 0 Å². The van der Waals surface area contributed by atoms with E-state index >= 15 is 0 Å². The molecule has 0 spiro atoms. The maximum absolute atomic E-state index is 6.07. The normalized spacial score (nSPS) is 25.1. The highest BCUT2D eigenvalue weighted by molar-refractivity contribution is 6.28. The van der Waals surface area contributed by atoms with Gasteiger partial charge in [0.25, 0.3) is 0 Å². The number of hydrogen-bond donors (Lipinski definition) is 0. The molecule has 3 heterocycles. The topological polar surface area (TPSA) is 54.4 Å². The maximum Gasteiger partial charge on any atom is 0.231 e. The van der Waals surface area contributed by atoms with E-state index in [9.17, 15) is 0 Å². The molecule has 3 rings (SSSR count). The van der Waals surface area contributed by atoms with Crippen molar-refractivity contribution in [1.82, 2.24) is 15.0 Å². The molecule has 20 heavy (non-hydrogen) atoms. The van der Waals surface area contributed by atoms with E-state index in [1.54, 1.807) is 0 Å². The molecule has 2 aliphatic rings. The van der Waals surface area contributed by atoms with Crippen LogP contribution in [0.3, 0.4) is 0 Å². The van der Waals surface area contributed by atoms with Gasteiger partial charge < -0.3 is 14.5 Å². The average molecular weight is 298 g/mol. The van der Waals surface area contributed by atoms with Crippen molar-refractivity contribution in [3.8, 4) is 0 Å². The number of nitrogens with zero attached hydrogens (tertiary/aromatic N) is 5. The zero-order valence-electron chi connectivity index (χ0n) is 11.9. The van der Waals surface area contributed by atoms with E-state index < -0.39 is 0 Å². The van der Waals surface area contributed by atoms with Gasteiger partial charge in [0, 0.05) is 26.2 Å². The van der Waals surface area contributed by atoms with Crippen LogP contribution in [0.4, 0.5) is 11.9 Å². The molecule has 0 aromatic carbocycles. The maximum atomic E-state index is 6.07. The summed E-state index contributed by atoms with van der Waals surface area (Å²) in [6, 6.07) is 0. The van der Waals surface area contributed by atoms with Crippen molar-refractivity contribution in [3.05, 3.63) is 5.28 Å². The monoisotopic (exact) mass is 297 g/mol. The van der Waals surface area contributed by atoms with Gasteiger partial charge in [-0.2, -0.15) is 15.0 Å². The van der Waals surface area contributed by atoms with E-state index in [2.05, 4.69) is 38.6 Å². The van der Waals surface area contributed by atoms with Crippen molar-refractivity contribution in [2.24, 2.45) is 0 Å². The fourth-order valence-corrected chi connectivity index (χ4v) is 3.05. The Kier molecular flexibility index (Phi) is 3.94. The molecule has 6 nitrogen and oxygen atoms in total. The lowest BCUT2D eigenvalue weighted by atomic mass is 10.2. The van der Waals surface area contributed by atoms with Gasteiger partial charge in [-0.25, -0.2) is 0 Å². The van der Waals surface area contributed by atoms with E-state index in [4.69, 9.17) is 16.3 Å². The van der Waals surface area contributed by atoms with Gasteiger partial charge in [-0.15, -0.1) is 0 Å². The smallest absolute Gasteiger partial charge is 0.231 e. The lowest BCUT2D eigenvalue weighted by Crippen LogP contribution is -2.43. The van der Waals surface area contributed by atoms with E-state index in [0.717, 1.165) is 39.0 Å². The van der Waals surface area contributed by atoms with E-state index in [-0.39, 0.29) is 5.28 Å². The summed E-state index contributed by atoms with van der Waals surface area (Å²) >= 11 is 6.07. The molecule has 2 saturated heterocycles. The standard InChI is InChI=1S/C13H20ClN5O/c1-3-18(4-2)12-15-11(14)16-13(17-12)19-7-9-5-6-10(8-19)20-9/h9-10H,3-8H2,1-2H3. The van der Waals surface area contributed by atoms with Gasteiger partial charge in [0.2, 0.25) is 17.2 Å². The minimum Gasteiger partial charge on any atom is -0.371 e. The van der Waals surface area contributed by atoms with E-state index in [0.29, 0.717) is 24.1 Å². The second-order valence-corrected chi connectivity index (χ2v) is 5.58. The third-order valence-corrected chi connectivity index (χ3v) is 4.13. The van der Waals surface area contributed by atoms with Crippen molar-refractivity contribution in [3.63, 3.8) is 0 Å². The second kappa shape index (κ2) is 5.69. The van der Waals surface area contributed by atoms with Gasteiger partial charge in [-0.05, 0) is 38.3 Å². The number of halogens is 1. The summed E-state index contributed by atoms with van der Waals surface area (Å²) in [7, 11) is 0. The zero-order chi connectivity index (χ0) is 14.1. The Bertz CT molecular complexity index is 470. The minimum atomic E-state index is 0.260. The van der Waals surface area contributed by atoms with Crippen LogP contribution in [0.2, 0.25) is 5.28 Å². The largest absolute Gasteiger partial charge is 0.371 e. The summed E-state index contributed by atoms with van der Waals surface area (Å²) in [5.41, 5.74) is 0. The van der Waals surface area contributed by atoms with Gasteiger partial charge in [-0.1, -0.05) is 0 Å². The number of fused-ring (bicyclic) bond motifs is 2. The van der Waals surface area contributed by atoms with Gasteiger partial charge in [0.05, 0.1) is 12.2 Å². The summed E-state index contributed by atoms with van der Waals surface area (Å²) in [5, 5.41) is 0.260. The molecule has 2 atom stereocenters. The van der Waals surface area contributed by atoms with Crippen LogP contribution in [0, 0.1) is 0 Å². The third kappa shape index (κ3) is 2.67. The number of morpholine rings is 1.